The second kappa shape index (κ2) is 7.18. The lowest BCUT2D eigenvalue weighted by Gasteiger charge is -2.20. The van der Waals surface area contributed by atoms with Crippen LogP contribution in [0.4, 0.5) is 0 Å². The fourth-order valence-corrected chi connectivity index (χ4v) is 3.03. The number of carbonyl (C=O) groups is 2. The lowest BCUT2D eigenvalue weighted by atomic mass is 10.2. The van der Waals surface area contributed by atoms with Gasteiger partial charge in [0.2, 0.25) is 10.0 Å². The maximum Gasteiger partial charge on any atom is 0.342 e. The normalized spacial score (nSPS) is 15.9. The summed E-state index contributed by atoms with van der Waals surface area (Å²) in [6.45, 7) is 2.77. The van der Waals surface area contributed by atoms with Gasteiger partial charge in [-0.15, -0.1) is 0 Å². The van der Waals surface area contributed by atoms with Crippen molar-refractivity contribution in [3.63, 3.8) is 0 Å². The summed E-state index contributed by atoms with van der Waals surface area (Å²) < 4.78 is 33.1. The summed E-state index contributed by atoms with van der Waals surface area (Å²) in [7, 11) is -2.65. The maximum atomic E-state index is 12.3. The Morgan fingerprint density at radius 1 is 1.25 bits per heavy atom. The average Bonchev–Trinajstić information content (AvgIpc) is 3.06. The molecule has 0 radical (unpaired) electrons. The molecule has 1 saturated heterocycles. The molecular formula is C15H20N2O6S. The highest BCUT2D eigenvalue weighted by molar-refractivity contribution is 7.89. The maximum absolute atomic E-state index is 12.3. The fraction of sp³-hybridized carbons (Fsp3) is 0.467. The van der Waals surface area contributed by atoms with Crippen molar-refractivity contribution >= 4 is 21.9 Å². The largest absolute Gasteiger partial charge is 0.496 e. The quantitative estimate of drug-likeness (QED) is 0.769. The number of likely N-dealkylation sites (tertiary alicyclic amines) is 1. The van der Waals surface area contributed by atoms with E-state index in [1.54, 1.807) is 4.90 Å². The van der Waals surface area contributed by atoms with E-state index in [2.05, 4.69) is 0 Å². The molecule has 0 aliphatic carbocycles. The van der Waals surface area contributed by atoms with Gasteiger partial charge in [0.25, 0.3) is 5.91 Å². The van der Waals surface area contributed by atoms with Crippen molar-refractivity contribution in [2.24, 2.45) is 5.14 Å². The molecule has 1 aromatic carbocycles. The topological polar surface area (TPSA) is 116 Å². The number of methoxy groups -OCH3 is 1. The lowest BCUT2D eigenvalue weighted by Crippen LogP contribution is -2.38. The highest BCUT2D eigenvalue weighted by atomic mass is 32.2. The monoisotopic (exact) mass is 356 g/mol. The Morgan fingerprint density at radius 3 is 2.42 bits per heavy atom. The van der Waals surface area contributed by atoms with Gasteiger partial charge in [0.15, 0.2) is 6.10 Å². The third-order valence-corrected chi connectivity index (χ3v) is 4.68. The highest BCUT2D eigenvalue weighted by Gasteiger charge is 2.27. The fourth-order valence-electron chi connectivity index (χ4n) is 2.49. The van der Waals surface area contributed by atoms with Crippen LogP contribution >= 0.6 is 0 Å². The second-order valence-electron chi connectivity index (χ2n) is 5.49. The van der Waals surface area contributed by atoms with Crippen LogP contribution in [0.5, 0.6) is 5.75 Å². The predicted molar refractivity (Wildman–Crippen MR) is 85.1 cm³/mol. The molecule has 1 atom stereocenters. The molecule has 2 rings (SSSR count). The van der Waals surface area contributed by atoms with Gasteiger partial charge in [-0.2, -0.15) is 0 Å². The lowest BCUT2D eigenvalue weighted by molar-refractivity contribution is -0.138. The van der Waals surface area contributed by atoms with Crippen molar-refractivity contribution < 1.29 is 27.5 Å². The first kappa shape index (κ1) is 18.2. The number of rotatable bonds is 5. The molecular weight excluding hydrogens is 336 g/mol. The van der Waals surface area contributed by atoms with Gasteiger partial charge in [-0.1, -0.05) is 0 Å². The minimum atomic E-state index is -3.98. The second-order valence-corrected chi connectivity index (χ2v) is 7.05. The molecule has 1 amide bonds. The summed E-state index contributed by atoms with van der Waals surface area (Å²) in [4.78, 5) is 25.9. The van der Waals surface area contributed by atoms with Gasteiger partial charge in [-0.25, -0.2) is 18.4 Å². The molecule has 0 aromatic heterocycles. The number of sulfonamides is 1. The molecule has 1 heterocycles. The van der Waals surface area contributed by atoms with E-state index in [1.165, 1.54) is 26.2 Å². The number of hydrogen-bond acceptors (Lipinski definition) is 6. The van der Waals surface area contributed by atoms with E-state index in [9.17, 15) is 18.0 Å². The van der Waals surface area contributed by atoms with Gasteiger partial charge in [-0.05, 0) is 38.0 Å². The van der Waals surface area contributed by atoms with Crippen LogP contribution < -0.4 is 9.88 Å². The number of esters is 1. The van der Waals surface area contributed by atoms with E-state index >= 15 is 0 Å². The number of nitrogens with two attached hydrogens (primary N) is 1. The van der Waals surface area contributed by atoms with Crippen LogP contribution in [-0.2, 0) is 19.6 Å². The summed E-state index contributed by atoms with van der Waals surface area (Å²) >= 11 is 0. The zero-order valence-corrected chi connectivity index (χ0v) is 14.3. The minimum Gasteiger partial charge on any atom is -0.496 e. The molecule has 1 aliphatic rings. The molecule has 0 saturated carbocycles. The van der Waals surface area contributed by atoms with Gasteiger partial charge >= 0.3 is 5.97 Å². The summed E-state index contributed by atoms with van der Waals surface area (Å²) in [5.74, 6) is -0.993. The van der Waals surface area contributed by atoms with E-state index in [4.69, 9.17) is 14.6 Å². The van der Waals surface area contributed by atoms with Crippen molar-refractivity contribution in [3.05, 3.63) is 23.8 Å². The van der Waals surface area contributed by atoms with Crippen molar-refractivity contribution in [2.75, 3.05) is 20.2 Å². The van der Waals surface area contributed by atoms with Crippen molar-refractivity contribution in [1.29, 1.82) is 0 Å². The highest BCUT2D eigenvalue weighted by Crippen LogP contribution is 2.23. The first-order valence-electron chi connectivity index (χ1n) is 7.44. The Hall–Kier alpha value is -2.13. The molecule has 1 aliphatic heterocycles. The number of carbonyl (C=O) groups excluding carboxylic acids is 2. The van der Waals surface area contributed by atoms with Crippen LogP contribution in [0.2, 0.25) is 0 Å². The summed E-state index contributed by atoms with van der Waals surface area (Å²) in [5.41, 5.74) is -0.106. The van der Waals surface area contributed by atoms with Gasteiger partial charge in [-0.3, -0.25) is 4.79 Å². The Labute approximate surface area is 140 Å². The first-order valence-corrected chi connectivity index (χ1v) is 8.99. The van der Waals surface area contributed by atoms with Crippen LogP contribution in [-0.4, -0.2) is 51.5 Å². The first-order chi connectivity index (χ1) is 11.2. The third-order valence-electron chi connectivity index (χ3n) is 3.77. The Morgan fingerprint density at radius 2 is 1.88 bits per heavy atom. The number of primary sulfonamides is 1. The third kappa shape index (κ3) is 4.04. The molecule has 0 spiro atoms. The summed E-state index contributed by atoms with van der Waals surface area (Å²) in [6.07, 6.45) is 0.881. The van der Waals surface area contributed by atoms with Crippen LogP contribution in [0.3, 0.4) is 0 Å². The summed E-state index contributed by atoms with van der Waals surface area (Å²) in [5, 5.41) is 5.07. The van der Waals surface area contributed by atoms with Crippen molar-refractivity contribution in [2.45, 2.75) is 30.8 Å². The number of ether oxygens (including phenoxy) is 2. The van der Waals surface area contributed by atoms with Crippen LogP contribution in [0.15, 0.2) is 23.1 Å². The van der Waals surface area contributed by atoms with E-state index in [0.29, 0.717) is 13.1 Å². The SMILES string of the molecule is COc1ccc(S(N)(=O)=O)cc1C(=O)O[C@H](C)C(=O)N1CCCC1. The summed E-state index contributed by atoms with van der Waals surface area (Å²) in [6, 6.07) is 3.61. The van der Waals surface area contributed by atoms with Crippen LogP contribution in [0, 0.1) is 0 Å². The molecule has 0 unspecified atom stereocenters. The Balaban J connectivity index is 2.20. The smallest absolute Gasteiger partial charge is 0.342 e. The zero-order chi connectivity index (χ0) is 17.9. The molecule has 1 aromatic rings. The van der Waals surface area contributed by atoms with Gasteiger partial charge in [0, 0.05) is 13.1 Å². The van der Waals surface area contributed by atoms with E-state index in [1.807, 2.05) is 0 Å². The van der Waals surface area contributed by atoms with Crippen LogP contribution in [0.25, 0.3) is 0 Å². The molecule has 9 heteroatoms. The van der Waals surface area contributed by atoms with Crippen molar-refractivity contribution in [3.8, 4) is 5.75 Å². The van der Waals surface area contributed by atoms with Gasteiger partial charge < -0.3 is 14.4 Å². The Bertz CT molecular complexity index is 740. The van der Waals surface area contributed by atoms with E-state index < -0.39 is 22.1 Å². The number of amides is 1. The average molecular weight is 356 g/mol. The number of benzene rings is 1. The van der Waals surface area contributed by atoms with Gasteiger partial charge in [0.1, 0.15) is 11.3 Å². The molecule has 1 fully saturated rings. The predicted octanol–water partition coefficient (Wildman–Crippen LogP) is 0.510. The standard InChI is InChI=1S/C15H20N2O6S/c1-10(14(18)17-7-3-4-8-17)23-15(19)12-9-11(24(16,20)21)5-6-13(12)22-2/h5-6,9-10H,3-4,7-8H2,1-2H3,(H2,16,20,21)/t10-/m1/s1. The van der Waals surface area contributed by atoms with Crippen LogP contribution in [0.1, 0.15) is 30.1 Å². The van der Waals surface area contributed by atoms with E-state index in [0.717, 1.165) is 18.9 Å². The van der Waals surface area contributed by atoms with E-state index in [-0.39, 0.29) is 22.1 Å². The molecule has 24 heavy (non-hydrogen) atoms. The minimum absolute atomic E-state index is 0.106. The molecule has 132 valence electrons. The van der Waals surface area contributed by atoms with Gasteiger partial charge in [0.05, 0.1) is 12.0 Å². The Kier molecular flexibility index (Phi) is 5.45. The van der Waals surface area contributed by atoms with Crippen molar-refractivity contribution in [1.82, 2.24) is 4.90 Å². The molecule has 0 bridgehead atoms. The number of hydrogen-bond donors (Lipinski definition) is 1. The molecule has 8 nitrogen and oxygen atoms in total. The zero-order valence-electron chi connectivity index (χ0n) is 13.5. The number of nitrogens with zero attached hydrogens (tertiary/aromatic N) is 1. The molecule has 2 N–H and O–H groups in total.